The Morgan fingerprint density at radius 3 is 2.81 bits per heavy atom. The normalized spacial score (nSPS) is 10.4. The Bertz CT molecular complexity index is 1110. The molecular formula is C19H18N6O2. The van der Waals surface area contributed by atoms with Gasteiger partial charge in [0.25, 0.3) is 5.56 Å². The van der Waals surface area contributed by atoms with E-state index in [0.717, 1.165) is 11.8 Å². The quantitative estimate of drug-likeness (QED) is 0.721. The van der Waals surface area contributed by atoms with Crippen molar-refractivity contribution in [3.05, 3.63) is 52.4 Å². The molecule has 8 nitrogen and oxygen atoms in total. The number of pyridine rings is 1. The molecule has 3 rings (SSSR count). The zero-order chi connectivity index (χ0) is 19.4. The van der Waals surface area contributed by atoms with Gasteiger partial charge in [-0.3, -0.25) is 14.2 Å². The Morgan fingerprint density at radius 1 is 1.30 bits per heavy atom. The van der Waals surface area contributed by atoms with E-state index in [9.17, 15) is 9.59 Å². The fourth-order valence-corrected chi connectivity index (χ4v) is 2.71. The highest BCUT2D eigenvalue weighted by molar-refractivity contribution is 5.91. The van der Waals surface area contributed by atoms with Crippen LogP contribution in [0.5, 0.6) is 0 Å². The molecule has 0 aliphatic rings. The lowest BCUT2D eigenvalue weighted by Crippen LogP contribution is -2.20. The lowest BCUT2D eigenvalue weighted by atomic mass is 10.1. The second-order valence-electron chi connectivity index (χ2n) is 5.97. The summed E-state index contributed by atoms with van der Waals surface area (Å²) in [7, 11) is 0. The molecule has 0 unspecified atom stereocenters. The minimum absolute atomic E-state index is 0.111. The van der Waals surface area contributed by atoms with Gasteiger partial charge >= 0.3 is 0 Å². The molecule has 0 spiro atoms. The minimum atomic E-state index is -0.269. The summed E-state index contributed by atoms with van der Waals surface area (Å²) in [6.45, 7) is 3.93. The van der Waals surface area contributed by atoms with Crippen LogP contribution in [0.25, 0.3) is 11.0 Å². The van der Waals surface area contributed by atoms with E-state index in [1.165, 1.54) is 13.0 Å². The molecule has 0 fully saturated rings. The predicted octanol–water partition coefficient (Wildman–Crippen LogP) is 2.78. The van der Waals surface area contributed by atoms with Gasteiger partial charge in [0.1, 0.15) is 11.7 Å². The monoisotopic (exact) mass is 362 g/mol. The van der Waals surface area contributed by atoms with Crippen LogP contribution in [-0.2, 0) is 11.3 Å². The number of anilines is 3. The number of nitrogens with one attached hydrogen (secondary N) is 2. The predicted molar refractivity (Wildman–Crippen MR) is 103 cm³/mol. The molecule has 1 aromatic carbocycles. The standard InChI is InChI=1S/C19H18N6O2/c1-3-8-25-17(27)7-5-14-11-21-19(24-18(14)25)23-15-6-4-13(10-20)16(9-15)22-12(2)26/h4-7,9,11H,3,8H2,1-2H3,(H,22,26)(H,21,23,24). The van der Waals surface area contributed by atoms with E-state index < -0.39 is 0 Å². The van der Waals surface area contributed by atoms with Gasteiger partial charge in [-0.25, -0.2) is 4.98 Å². The van der Waals surface area contributed by atoms with E-state index in [4.69, 9.17) is 5.26 Å². The van der Waals surface area contributed by atoms with Crippen LogP contribution in [0.1, 0.15) is 25.8 Å². The summed E-state index contributed by atoms with van der Waals surface area (Å²) in [5.41, 5.74) is 1.81. The molecular weight excluding hydrogens is 344 g/mol. The van der Waals surface area contributed by atoms with Crippen molar-refractivity contribution in [1.82, 2.24) is 14.5 Å². The highest BCUT2D eigenvalue weighted by atomic mass is 16.1. The summed E-state index contributed by atoms with van der Waals surface area (Å²) in [4.78, 5) is 32.2. The van der Waals surface area contributed by atoms with Crippen LogP contribution < -0.4 is 16.2 Å². The Labute approximate surface area is 155 Å². The Kier molecular flexibility index (Phi) is 5.13. The number of hydrogen-bond acceptors (Lipinski definition) is 6. The van der Waals surface area contributed by atoms with Crippen LogP contribution in [0.15, 0.2) is 41.3 Å². The van der Waals surface area contributed by atoms with Crippen LogP contribution in [-0.4, -0.2) is 20.4 Å². The third kappa shape index (κ3) is 3.93. The van der Waals surface area contributed by atoms with Crippen LogP contribution >= 0.6 is 0 Å². The molecule has 0 aliphatic heterocycles. The number of rotatable bonds is 5. The van der Waals surface area contributed by atoms with E-state index in [-0.39, 0.29) is 11.5 Å². The molecule has 3 aromatic rings. The smallest absolute Gasteiger partial charge is 0.252 e. The van der Waals surface area contributed by atoms with Crippen molar-refractivity contribution in [1.29, 1.82) is 5.26 Å². The molecule has 8 heteroatoms. The Morgan fingerprint density at radius 2 is 2.11 bits per heavy atom. The van der Waals surface area contributed by atoms with Gasteiger partial charge in [0.05, 0.1) is 11.3 Å². The maximum atomic E-state index is 12.1. The molecule has 0 saturated heterocycles. The summed E-state index contributed by atoms with van der Waals surface area (Å²) in [6, 6.07) is 10.2. The van der Waals surface area contributed by atoms with Gasteiger partial charge in [-0.2, -0.15) is 10.2 Å². The van der Waals surface area contributed by atoms with E-state index in [2.05, 4.69) is 20.6 Å². The first-order valence-electron chi connectivity index (χ1n) is 8.47. The van der Waals surface area contributed by atoms with Gasteiger partial charge < -0.3 is 10.6 Å². The molecule has 136 valence electrons. The van der Waals surface area contributed by atoms with E-state index in [1.54, 1.807) is 35.0 Å². The number of nitrogens with zero attached hydrogens (tertiary/aromatic N) is 4. The number of hydrogen-bond donors (Lipinski definition) is 2. The Balaban J connectivity index is 1.99. The molecule has 2 N–H and O–H groups in total. The number of aromatic nitrogens is 3. The van der Waals surface area contributed by atoms with Crippen molar-refractivity contribution in [3.63, 3.8) is 0 Å². The summed E-state index contributed by atoms with van der Waals surface area (Å²) < 4.78 is 1.61. The number of carbonyl (C=O) groups excluding carboxylic acids is 1. The maximum Gasteiger partial charge on any atom is 0.252 e. The third-order valence-corrected chi connectivity index (χ3v) is 3.88. The number of nitriles is 1. The molecule has 2 heterocycles. The topological polar surface area (TPSA) is 113 Å². The van der Waals surface area contributed by atoms with Crippen LogP contribution in [0.3, 0.4) is 0 Å². The number of carbonyl (C=O) groups is 1. The average Bonchev–Trinajstić information content (AvgIpc) is 2.64. The summed E-state index contributed by atoms with van der Waals surface area (Å²) in [5, 5.41) is 15.6. The molecule has 0 aliphatic carbocycles. The van der Waals surface area contributed by atoms with Gasteiger partial charge in [0.2, 0.25) is 11.9 Å². The molecule has 2 aromatic heterocycles. The second-order valence-corrected chi connectivity index (χ2v) is 5.97. The first kappa shape index (κ1) is 18.1. The van der Waals surface area contributed by atoms with E-state index in [0.29, 0.717) is 35.1 Å². The zero-order valence-electron chi connectivity index (χ0n) is 15.0. The highest BCUT2D eigenvalue weighted by Crippen LogP contribution is 2.23. The lowest BCUT2D eigenvalue weighted by molar-refractivity contribution is -0.114. The summed E-state index contributed by atoms with van der Waals surface area (Å²) in [5.74, 6) is 0.0469. The summed E-state index contributed by atoms with van der Waals surface area (Å²) in [6.07, 6.45) is 2.45. The zero-order valence-corrected chi connectivity index (χ0v) is 15.0. The van der Waals surface area contributed by atoms with E-state index >= 15 is 0 Å². The number of fused-ring (bicyclic) bond motifs is 1. The van der Waals surface area contributed by atoms with Crippen LogP contribution in [0.2, 0.25) is 0 Å². The van der Waals surface area contributed by atoms with Gasteiger partial charge in [0, 0.05) is 36.8 Å². The SMILES string of the molecule is CCCn1c(=O)ccc2cnc(Nc3ccc(C#N)c(NC(C)=O)c3)nc21. The fourth-order valence-electron chi connectivity index (χ4n) is 2.71. The molecule has 0 atom stereocenters. The van der Waals surface area contributed by atoms with Crippen LogP contribution in [0.4, 0.5) is 17.3 Å². The van der Waals surface area contributed by atoms with Gasteiger partial charge in [0.15, 0.2) is 0 Å². The van der Waals surface area contributed by atoms with Gasteiger partial charge in [-0.05, 0) is 30.7 Å². The fraction of sp³-hybridized carbons (Fsp3) is 0.211. The van der Waals surface area contributed by atoms with Crippen molar-refractivity contribution < 1.29 is 4.79 Å². The minimum Gasteiger partial charge on any atom is -0.325 e. The molecule has 0 bridgehead atoms. The summed E-state index contributed by atoms with van der Waals surface area (Å²) >= 11 is 0. The van der Waals surface area contributed by atoms with Crippen molar-refractivity contribution in [2.24, 2.45) is 0 Å². The van der Waals surface area contributed by atoms with Gasteiger partial charge in [-0.15, -0.1) is 0 Å². The highest BCUT2D eigenvalue weighted by Gasteiger charge is 2.09. The molecule has 0 radical (unpaired) electrons. The molecule has 0 saturated carbocycles. The lowest BCUT2D eigenvalue weighted by Gasteiger charge is -2.11. The van der Waals surface area contributed by atoms with E-state index in [1.807, 2.05) is 13.0 Å². The number of amides is 1. The second kappa shape index (κ2) is 7.66. The largest absolute Gasteiger partial charge is 0.325 e. The average molecular weight is 362 g/mol. The van der Waals surface area contributed by atoms with Crippen molar-refractivity contribution in [3.8, 4) is 6.07 Å². The van der Waals surface area contributed by atoms with Crippen LogP contribution in [0, 0.1) is 11.3 Å². The van der Waals surface area contributed by atoms with Crippen molar-refractivity contribution in [2.45, 2.75) is 26.8 Å². The maximum absolute atomic E-state index is 12.1. The Hall–Kier alpha value is -3.73. The third-order valence-electron chi connectivity index (χ3n) is 3.88. The first-order valence-corrected chi connectivity index (χ1v) is 8.47. The molecule has 1 amide bonds. The van der Waals surface area contributed by atoms with Crippen molar-refractivity contribution >= 4 is 34.3 Å². The van der Waals surface area contributed by atoms with Crippen molar-refractivity contribution in [2.75, 3.05) is 10.6 Å². The number of aryl methyl sites for hydroxylation is 1. The number of benzene rings is 1. The molecule has 27 heavy (non-hydrogen) atoms. The first-order chi connectivity index (χ1) is 13.0. The van der Waals surface area contributed by atoms with Gasteiger partial charge in [-0.1, -0.05) is 6.92 Å².